The molecule has 0 spiro atoms. The Hall–Kier alpha value is -3.97. The van der Waals surface area contributed by atoms with E-state index < -0.39 is 42.3 Å². The molecule has 1 fully saturated rings. The number of hydrogen-bond donors (Lipinski definition) is 0. The van der Waals surface area contributed by atoms with Crippen LogP contribution in [0, 0.1) is 5.92 Å². The molecular weight excluding hydrogens is 436 g/mol. The zero-order valence-corrected chi connectivity index (χ0v) is 18.5. The highest BCUT2D eigenvalue weighted by molar-refractivity contribution is 5.90. The van der Waals surface area contributed by atoms with Crippen LogP contribution in [0.25, 0.3) is 0 Å². The molecule has 0 saturated carbocycles. The van der Waals surface area contributed by atoms with Gasteiger partial charge in [-0.25, -0.2) is 14.4 Å². The molecule has 2 unspecified atom stereocenters. The van der Waals surface area contributed by atoms with Crippen molar-refractivity contribution in [2.24, 2.45) is 5.92 Å². The van der Waals surface area contributed by atoms with Crippen LogP contribution < -0.4 is 0 Å². The summed E-state index contributed by atoms with van der Waals surface area (Å²) in [4.78, 5) is 37.7. The predicted molar refractivity (Wildman–Crippen MR) is 122 cm³/mol. The second-order valence-corrected chi connectivity index (χ2v) is 7.87. The highest BCUT2D eigenvalue weighted by Gasteiger charge is 2.47. The second-order valence-electron chi connectivity index (χ2n) is 7.87. The Balaban J connectivity index is 1.47. The molecule has 7 nitrogen and oxygen atoms in total. The number of benzene rings is 3. The predicted octanol–water partition coefficient (Wildman–Crippen LogP) is 4.29. The lowest BCUT2D eigenvalue weighted by molar-refractivity contribution is -0.141. The maximum Gasteiger partial charge on any atom is 0.340 e. The van der Waals surface area contributed by atoms with E-state index in [2.05, 4.69) is 0 Å². The third kappa shape index (κ3) is 5.50. The Morgan fingerprint density at radius 3 is 1.62 bits per heavy atom. The first-order valence-electron chi connectivity index (χ1n) is 10.9. The molecule has 4 rings (SSSR count). The first-order chi connectivity index (χ1) is 16.5. The lowest BCUT2D eigenvalue weighted by Crippen LogP contribution is -2.35. The van der Waals surface area contributed by atoms with E-state index in [1.807, 2.05) is 0 Å². The average Bonchev–Trinajstić information content (AvgIpc) is 3.17. The summed E-state index contributed by atoms with van der Waals surface area (Å²) < 4.78 is 22.6. The van der Waals surface area contributed by atoms with Crippen LogP contribution in [-0.2, 0) is 18.9 Å². The van der Waals surface area contributed by atoms with Crippen molar-refractivity contribution in [3.63, 3.8) is 0 Å². The van der Waals surface area contributed by atoms with Gasteiger partial charge in [-0.15, -0.1) is 0 Å². The Morgan fingerprint density at radius 2 is 1.12 bits per heavy atom. The molecule has 1 saturated heterocycles. The fraction of sp³-hybridized carbons (Fsp3) is 0.222. The molecule has 0 amide bonds. The minimum Gasteiger partial charge on any atom is -0.459 e. The van der Waals surface area contributed by atoms with Crippen molar-refractivity contribution >= 4 is 17.9 Å². The fourth-order valence-corrected chi connectivity index (χ4v) is 3.61. The molecule has 1 aliphatic heterocycles. The van der Waals surface area contributed by atoms with Gasteiger partial charge in [-0.2, -0.15) is 0 Å². The van der Waals surface area contributed by atoms with Crippen molar-refractivity contribution in [2.45, 2.75) is 25.4 Å². The van der Waals surface area contributed by atoms with Crippen molar-refractivity contribution in [3.8, 4) is 0 Å². The number of carbonyl (C=O) groups is 3. The molecule has 34 heavy (non-hydrogen) atoms. The summed E-state index contributed by atoms with van der Waals surface area (Å²) in [5.74, 6) is -2.09. The van der Waals surface area contributed by atoms with Crippen molar-refractivity contribution < 1.29 is 33.3 Å². The molecule has 0 N–H and O–H groups in total. The van der Waals surface area contributed by atoms with Crippen molar-refractivity contribution in [3.05, 3.63) is 108 Å². The zero-order valence-electron chi connectivity index (χ0n) is 18.5. The van der Waals surface area contributed by atoms with Gasteiger partial charge in [-0.3, -0.25) is 0 Å². The molecule has 0 aromatic heterocycles. The normalized spacial score (nSPS) is 21.4. The van der Waals surface area contributed by atoms with Crippen LogP contribution in [0.3, 0.4) is 0 Å². The van der Waals surface area contributed by atoms with E-state index >= 15 is 0 Å². The molecular formula is C27H24O7. The third-order valence-electron chi connectivity index (χ3n) is 5.56. The molecule has 3 aromatic carbocycles. The topological polar surface area (TPSA) is 88.1 Å². The summed E-state index contributed by atoms with van der Waals surface area (Å²) in [5, 5.41) is 0. The van der Waals surface area contributed by atoms with Gasteiger partial charge < -0.3 is 18.9 Å². The minimum atomic E-state index is -1.16. The summed E-state index contributed by atoms with van der Waals surface area (Å²) in [6.45, 7) is 1.70. The van der Waals surface area contributed by atoms with E-state index in [4.69, 9.17) is 18.9 Å². The van der Waals surface area contributed by atoms with Gasteiger partial charge in [0.1, 0.15) is 12.7 Å². The van der Waals surface area contributed by atoms with Gasteiger partial charge in [0.25, 0.3) is 0 Å². The largest absolute Gasteiger partial charge is 0.459 e. The zero-order chi connectivity index (χ0) is 23.9. The van der Waals surface area contributed by atoms with Crippen LogP contribution >= 0.6 is 0 Å². The molecule has 3 aromatic rings. The Kier molecular flexibility index (Phi) is 7.34. The summed E-state index contributed by atoms with van der Waals surface area (Å²) in [5.41, 5.74) is 1.11. The van der Waals surface area contributed by atoms with Crippen molar-refractivity contribution in [1.29, 1.82) is 0 Å². The van der Waals surface area contributed by atoms with Crippen LogP contribution in [-0.4, -0.2) is 43.0 Å². The lowest BCUT2D eigenvalue weighted by atomic mass is 10.0. The molecule has 0 bridgehead atoms. The van der Waals surface area contributed by atoms with Crippen LogP contribution in [0.2, 0.25) is 0 Å². The molecule has 174 valence electrons. The SMILES string of the molecule is C[C@H]1C(OC(=O)c2ccccc2)C(OC(=O)c2ccccc2)O[C@@H]1COC(=O)c1ccccc1. The molecule has 4 atom stereocenters. The van der Waals surface area contributed by atoms with Crippen LogP contribution in [0.4, 0.5) is 0 Å². The summed E-state index contributed by atoms with van der Waals surface area (Å²) in [6.07, 6.45) is -2.69. The number of carbonyl (C=O) groups excluding carboxylic acids is 3. The highest BCUT2D eigenvalue weighted by atomic mass is 16.7. The number of rotatable bonds is 7. The number of esters is 3. The number of hydrogen-bond acceptors (Lipinski definition) is 7. The van der Waals surface area contributed by atoms with E-state index in [1.165, 1.54) is 0 Å². The molecule has 7 heteroatoms. The second kappa shape index (κ2) is 10.8. The van der Waals surface area contributed by atoms with E-state index in [1.54, 1.807) is 97.9 Å². The van der Waals surface area contributed by atoms with Crippen LogP contribution in [0.5, 0.6) is 0 Å². The monoisotopic (exact) mass is 460 g/mol. The molecule has 1 heterocycles. The van der Waals surface area contributed by atoms with Gasteiger partial charge in [0, 0.05) is 5.92 Å². The summed E-state index contributed by atoms with van der Waals surface area (Å²) in [6, 6.07) is 25.5. The van der Waals surface area contributed by atoms with Crippen LogP contribution in [0.1, 0.15) is 38.0 Å². The third-order valence-corrected chi connectivity index (χ3v) is 5.56. The molecule has 0 aliphatic carbocycles. The van der Waals surface area contributed by atoms with E-state index in [9.17, 15) is 14.4 Å². The van der Waals surface area contributed by atoms with Gasteiger partial charge in [0.2, 0.25) is 6.29 Å². The van der Waals surface area contributed by atoms with Crippen molar-refractivity contribution in [2.75, 3.05) is 6.61 Å². The molecule has 1 aliphatic rings. The van der Waals surface area contributed by atoms with E-state index in [0.29, 0.717) is 16.7 Å². The van der Waals surface area contributed by atoms with Crippen LogP contribution in [0.15, 0.2) is 91.0 Å². The smallest absolute Gasteiger partial charge is 0.340 e. The highest BCUT2D eigenvalue weighted by Crippen LogP contribution is 2.32. The first-order valence-corrected chi connectivity index (χ1v) is 10.9. The van der Waals surface area contributed by atoms with E-state index in [-0.39, 0.29) is 6.61 Å². The molecule has 0 radical (unpaired) electrons. The maximum atomic E-state index is 12.7. The Labute approximate surface area is 197 Å². The number of ether oxygens (including phenoxy) is 4. The fourth-order valence-electron chi connectivity index (χ4n) is 3.61. The standard InChI is InChI=1S/C27H24O7/c1-18-22(17-31-24(28)19-11-5-2-6-12-19)32-27(34-26(30)21-15-9-4-10-16-21)23(18)33-25(29)20-13-7-3-8-14-20/h2-16,18,22-23,27H,17H2,1H3/t18-,22-,23?,27?/m1/s1. The van der Waals surface area contributed by atoms with Gasteiger partial charge in [0.15, 0.2) is 6.10 Å². The Morgan fingerprint density at radius 1 is 0.676 bits per heavy atom. The van der Waals surface area contributed by atoms with E-state index in [0.717, 1.165) is 0 Å². The van der Waals surface area contributed by atoms with Crippen molar-refractivity contribution in [1.82, 2.24) is 0 Å². The summed E-state index contributed by atoms with van der Waals surface area (Å²) in [7, 11) is 0. The van der Waals surface area contributed by atoms with Gasteiger partial charge in [-0.05, 0) is 36.4 Å². The lowest BCUT2D eigenvalue weighted by Gasteiger charge is -2.21. The first kappa shape index (κ1) is 23.2. The minimum absolute atomic E-state index is 0.0896. The maximum absolute atomic E-state index is 12.7. The Bertz CT molecular complexity index is 1120. The van der Waals surface area contributed by atoms with Gasteiger partial charge in [-0.1, -0.05) is 61.5 Å². The quantitative estimate of drug-likeness (QED) is 0.384. The summed E-state index contributed by atoms with van der Waals surface area (Å²) >= 11 is 0. The average molecular weight is 460 g/mol. The van der Waals surface area contributed by atoms with Gasteiger partial charge in [0.05, 0.1) is 16.7 Å². The van der Waals surface area contributed by atoms with Gasteiger partial charge >= 0.3 is 17.9 Å².